The molecule has 0 aromatic heterocycles. The van der Waals surface area contributed by atoms with Crippen LogP contribution in [0.25, 0.3) is 0 Å². The van der Waals surface area contributed by atoms with Crippen LogP contribution in [0, 0.1) is 0 Å². The van der Waals surface area contributed by atoms with Gasteiger partial charge in [0, 0.05) is 26.2 Å². The zero-order chi connectivity index (χ0) is 24.6. The molecule has 0 fully saturated rings. The summed E-state index contributed by atoms with van der Waals surface area (Å²) in [6.07, 6.45) is 2.66. The summed E-state index contributed by atoms with van der Waals surface area (Å²) in [5, 5.41) is 0. The maximum Gasteiger partial charge on any atom is 0.246 e. The summed E-state index contributed by atoms with van der Waals surface area (Å²) in [6.45, 7) is 23.4. The largest absolute Gasteiger partial charge is 0.415 e. The fourth-order valence-electron chi connectivity index (χ4n) is 4.02. The Bertz CT molecular complexity index is 512. The van der Waals surface area contributed by atoms with Crippen molar-refractivity contribution in [2.24, 2.45) is 0 Å². The fourth-order valence-corrected chi connectivity index (χ4v) is 9.29. The van der Waals surface area contributed by atoms with Gasteiger partial charge in [-0.1, -0.05) is 54.7 Å². The quantitative estimate of drug-likeness (QED) is 0.190. The summed E-state index contributed by atoms with van der Waals surface area (Å²) in [4.78, 5) is 28.3. The van der Waals surface area contributed by atoms with Crippen molar-refractivity contribution >= 4 is 28.4 Å². The molecule has 0 aromatic rings. The van der Waals surface area contributed by atoms with Crippen molar-refractivity contribution in [3.05, 3.63) is 25.3 Å². The first-order valence-electron chi connectivity index (χ1n) is 12.4. The summed E-state index contributed by atoms with van der Waals surface area (Å²) in [6, 6.07) is 6.47. The van der Waals surface area contributed by atoms with E-state index in [4.69, 9.17) is 8.85 Å². The van der Waals surface area contributed by atoms with Gasteiger partial charge < -0.3 is 18.7 Å². The van der Waals surface area contributed by atoms with Crippen LogP contribution >= 0.6 is 0 Å². The van der Waals surface area contributed by atoms with E-state index in [9.17, 15) is 9.59 Å². The van der Waals surface area contributed by atoms with Crippen molar-refractivity contribution in [3.63, 3.8) is 0 Å². The topological polar surface area (TPSA) is 59.1 Å². The predicted octanol–water partition coefficient (Wildman–Crippen LogP) is 5.06. The molecule has 8 heteroatoms. The molecule has 0 unspecified atom stereocenters. The Morgan fingerprint density at radius 3 is 1.12 bits per heavy atom. The van der Waals surface area contributed by atoms with Crippen LogP contribution in [-0.2, 0) is 18.4 Å². The minimum Gasteiger partial charge on any atom is -0.415 e. The lowest BCUT2D eigenvalue weighted by molar-refractivity contribution is -0.130. The van der Waals surface area contributed by atoms with E-state index in [-0.39, 0.29) is 11.8 Å². The number of carbonyl (C=O) groups is 2. The van der Waals surface area contributed by atoms with Crippen molar-refractivity contribution in [1.29, 1.82) is 0 Å². The van der Waals surface area contributed by atoms with Gasteiger partial charge in [-0.25, -0.2) is 0 Å². The Morgan fingerprint density at radius 2 is 0.906 bits per heavy atom. The Morgan fingerprint density at radius 1 is 0.625 bits per heavy atom. The van der Waals surface area contributed by atoms with Crippen molar-refractivity contribution in [1.82, 2.24) is 9.80 Å². The van der Waals surface area contributed by atoms with Gasteiger partial charge in [-0.3, -0.25) is 9.59 Å². The van der Waals surface area contributed by atoms with Crippen LogP contribution in [0.15, 0.2) is 25.3 Å². The standard InChI is InChI=1S/C24H48N2O4Si2/c1-9-23(27)25(19-21-29-31(11-3,12-4)13-5)17-18-26(24(28)10-2)20-22-30-32(14-6,15-7)16-8/h9-10H,1-2,11-22H2,3-8H3. The molecule has 0 aromatic carbocycles. The third kappa shape index (κ3) is 9.72. The van der Waals surface area contributed by atoms with E-state index in [1.54, 1.807) is 9.80 Å². The van der Waals surface area contributed by atoms with Crippen LogP contribution in [-0.4, -0.2) is 77.6 Å². The van der Waals surface area contributed by atoms with Crippen molar-refractivity contribution in [2.45, 2.75) is 77.8 Å². The Balaban J connectivity index is 5.01. The lowest BCUT2D eigenvalue weighted by Gasteiger charge is -2.32. The zero-order valence-electron chi connectivity index (χ0n) is 21.6. The summed E-state index contributed by atoms with van der Waals surface area (Å²) < 4.78 is 12.6. The molecule has 0 aliphatic rings. The van der Waals surface area contributed by atoms with Crippen molar-refractivity contribution in [2.75, 3.05) is 39.4 Å². The van der Waals surface area contributed by atoms with Gasteiger partial charge >= 0.3 is 0 Å². The van der Waals surface area contributed by atoms with Crippen LogP contribution in [0.4, 0.5) is 0 Å². The van der Waals surface area contributed by atoms with E-state index in [0.717, 1.165) is 36.3 Å². The molecular weight excluding hydrogens is 436 g/mol. The number of hydrogen-bond acceptors (Lipinski definition) is 4. The fraction of sp³-hybridized carbons (Fsp3) is 0.750. The third-order valence-electron chi connectivity index (χ3n) is 7.02. The summed E-state index contributed by atoms with van der Waals surface area (Å²) in [7, 11) is -3.40. The summed E-state index contributed by atoms with van der Waals surface area (Å²) in [5.74, 6) is -0.274. The van der Waals surface area contributed by atoms with Crippen LogP contribution in [0.2, 0.25) is 36.3 Å². The number of hydrogen-bond donors (Lipinski definition) is 0. The number of amides is 2. The normalized spacial score (nSPS) is 11.8. The van der Waals surface area contributed by atoms with Crippen molar-refractivity contribution in [3.8, 4) is 0 Å². The molecule has 0 heterocycles. The summed E-state index contributed by atoms with van der Waals surface area (Å²) >= 11 is 0. The minimum absolute atomic E-state index is 0.137. The molecule has 2 amide bonds. The average Bonchev–Trinajstić information content (AvgIpc) is 2.84. The molecule has 0 saturated heterocycles. The first kappa shape index (κ1) is 30.8. The van der Waals surface area contributed by atoms with E-state index >= 15 is 0 Å². The summed E-state index contributed by atoms with van der Waals surface area (Å²) in [5.41, 5.74) is 0. The zero-order valence-corrected chi connectivity index (χ0v) is 23.6. The number of rotatable bonds is 19. The molecule has 0 aliphatic carbocycles. The second kappa shape index (κ2) is 16.4. The molecule has 32 heavy (non-hydrogen) atoms. The van der Waals surface area contributed by atoms with Gasteiger partial charge in [0.25, 0.3) is 0 Å². The van der Waals surface area contributed by atoms with E-state index in [2.05, 4.69) is 54.7 Å². The maximum absolute atomic E-state index is 12.4. The van der Waals surface area contributed by atoms with Crippen LogP contribution < -0.4 is 0 Å². The molecule has 0 N–H and O–H groups in total. The molecule has 0 aliphatic heterocycles. The second-order valence-electron chi connectivity index (χ2n) is 8.24. The SMILES string of the molecule is C=CC(=O)N(CCO[Si](CC)(CC)CC)CCN(CCO[Si](CC)(CC)CC)C(=O)C=C. The Kier molecular flexibility index (Phi) is 15.8. The minimum atomic E-state index is -1.70. The highest BCUT2D eigenvalue weighted by atomic mass is 28.4. The molecule has 0 spiro atoms. The first-order chi connectivity index (χ1) is 15.3. The van der Waals surface area contributed by atoms with Crippen LogP contribution in [0.3, 0.4) is 0 Å². The monoisotopic (exact) mass is 484 g/mol. The highest BCUT2D eigenvalue weighted by molar-refractivity contribution is 6.73. The average molecular weight is 485 g/mol. The van der Waals surface area contributed by atoms with Crippen molar-refractivity contribution < 1.29 is 18.4 Å². The Labute approximate surface area is 199 Å². The lowest BCUT2D eigenvalue weighted by Crippen LogP contribution is -2.45. The Hall–Kier alpha value is -1.23. The van der Waals surface area contributed by atoms with Gasteiger partial charge in [-0.15, -0.1) is 0 Å². The molecular formula is C24H48N2O4Si2. The maximum atomic E-state index is 12.4. The molecule has 0 bridgehead atoms. The van der Waals surface area contributed by atoms with Gasteiger partial charge in [-0.2, -0.15) is 0 Å². The molecule has 0 atom stereocenters. The van der Waals surface area contributed by atoms with Gasteiger partial charge in [0.15, 0.2) is 16.6 Å². The lowest BCUT2D eigenvalue weighted by atomic mass is 10.3. The highest BCUT2D eigenvalue weighted by Crippen LogP contribution is 2.22. The van der Waals surface area contributed by atoms with Gasteiger partial charge in [0.1, 0.15) is 0 Å². The van der Waals surface area contributed by atoms with Gasteiger partial charge in [-0.05, 0) is 48.4 Å². The van der Waals surface area contributed by atoms with Gasteiger partial charge in [0.05, 0.1) is 13.2 Å². The van der Waals surface area contributed by atoms with Crippen LogP contribution in [0.1, 0.15) is 41.5 Å². The highest BCUT2D eigenvalue weighted by Gasteiger charge is 2.30. The molecule has 6 nitrogen and oxygen atoms in total. The molecule has 0 radical (unpaired) electrons. The van der Waals surface area contributed by atoms with E-state index < -0.39 is 16.6 Å². The first-order valence-corrected chi connectivity index (χ1v) is 17.4. The number of nitrogens with zero attached hydrogens (tertiary/aromatic N) is 2. The third-order valence-corrected chi connectivity index (χ3v) is 16.4. The molecule has 0 rings (SSSR count). The van der Waals surface area contributed by atoms with E-state index in [1.807, 2.05) is 0 Å². The second-order valence-corrected chi connectivity index (χ2v) is 17.8. The van der Waals surface area contributed by atoms with Crippen LogP contribution in [0.5, 0.6) is 0 Å². The molecule has 0 saturated carbocycles. The predicted molar refractivity (Wildman–Crippen MR) is 140 cm³/mol. The molecule has 186 valence electrons. The van der Waals surface area contributed by atoms with E-state index in [1.165, 1.54) is 12.2 Å². The smallest absolute Gasteiger partial charge is 0.246 e. The number of carbonyl (C=O) groups excluding carboxylic acids is 2. The van der Waals surface area contributed by atoms with E-state index in [0.29, 0.717) is 39.4 Å². The van der Waals surface area contributed by atoms with Gasteiger partial charge in [0.2, 0.25) is 11.8 Å².